The van der Waals surface area contributed by atoms with E-state index < -0.39 is 29.5 Å². The van der Waals surface area contributed by atoms with E-state index in [-0.39, 0.29) is 17.4 Å². The molecule has 0 aliphatic heterocycles. The van der Waals surface area contributed by atoms with Gasteiger partial charge in [0, 0.05) is 16.9 Å². The second-order valence-electron chi connectivity index (χ2n) is 6.64. The number of carbonyl (C=O) groups is 3. The Morgan fingerprint density at radius 1 is 0.821 bits per heavy atom. The minimum atomic E-state index is -4.44. The van der Waals surface area contributed by atoms with Gasteiger partial charge in [0.1, 0.15) is 0 Å². The van der Waals surface area contributed by atoms with Crippen LogP contribution in [0, 0.1) is 11.8 Å². The Labute approximate surface area is 158 Å². The van der Waals surface area contributed by atoms with Gasteiger partial charge < -0.3 is 10.6 Å². The van der Waals surface area contributed by atoms with Gasteiger partial charge in [-0.25, -0.2) is 0 Å². The smallest absolute Gasteiger partial charge is 0.326 e. The number of alkyl halides is 3. The highest BCUT2D eigenvalue weighted by Gasteiger charge is 2.48. The molecule has 2 aromatic rings. The molecule has 5 nitrogen and oxygen atoms in total. The van der Waals surface area contributed by atoms with Crippen LogP contribution in [-0.2, 0) is 15.8 Å². The first-order chi connectivity index (χ1) is 13.1. The second kappa shape index (κ2) is 7.46. The Kier molecular flexibility index (Phi) is 5.22. The molecule has 0 aromatic heterocycles. The summed E-state index contributed by atoms with van der Waals surface area (Å²) < 4.78 is 37.7. The van der Waals surface area contributed by atoms with E-state index in [2.05, 4.69) is 10.6 Å². The molecular formula is C20H17F3N2O3. The van der Waals surface area contributed by atoms with E-state index in [1.807, 2.05) is 0 Å². The summed E-state index contributed by atoms with van der Waals surface area (Å²) in [6, 6.07) is 10.5. The van der Waals surface area contributed by atoms with E-state index in [0.29, 0.717) is 17.7 Å². The van der Waals surface area contributed by atoms with Gasteiger partial charge in [-0.1, -0.05) is 0 Å². The molecule has 2 atom stereocenters. The summed E-state index contributed by atoms with van der Waals surface area (Å²) >= 11 is 0. The Hall–Kier alpha value is -3.16. The van der Waals surface area contributed by atoms with Gasteiger partial charge >= 0.3 is 6.18 Å². The Bertz CT molecular complexity index is 906. The number of nitrogens with one attached hydrogen (secondary N) is 2. The van der Waals surface area contributed by atoms with Crippen LogP contribution in [0.3, 0.4) is 0 Å². The normalized spacial score (nSPS) is 18.3. The van der Waals surface area contributed by atoms with E-state index in [9.17, 15) is 27.6 Å². The molecule has 0 heterocycles. The molecule has 2 unspecified atom stereocenters. The van der Waals surface area contributed by atoms with E-state index in [1.54, 1.807) is 24.3 Å². The summed E-state index contributed by atoms with van der Waals surface area (Å²) in [5.74, 6) is -1.84. The summed E-state index contributed by atoms with van der Waals surface area (Å²) in [7, 11) is 0. The molecule has 2 amide bonds. The molecule has 2 aromatic carbocycles. The van der Waals surface area contributed by atoms with E-state index in [1.165, 1.54) is 19.1 Å². The fourth-order valence-corrected chi connectivity index (χ4v) is 2.78. The number of rotatable bonds is 5. The largest absolute Gasteiger partial charge is 0.416 e. The topological polar surface area (TPSA) is 75.3 Å². The van der Waals surface area contributed by atoms with Crippen LogP contribution >= 0.6 is 0 Å². The van der Waals surface area contributed by atoms with Crippen LogP contribution in [0.15, 0.2) is 48.5 Å². The summed E-state index contributed by atoms with van der Waals surface area (Å²) in [5, 5.41) is 5.21. The SMILES string of the molecule is CC(=O)c1ccc(NC(=O)C2CC2C(=O)Nc2ccc(C(F)(F)F)cc2)cc1. The molecule has 146 valence electrons. The van der Waals surface area contributed by atoms with Crippen molar-refractivity contribution >= 4 is 29.0 Å². The summed E-state index contributed by atoms with van der Waals surface area (Å²) in [6.07, 6.45) is -4.07. The van der Waals surface area contributed by atoms with Crippen LogP contribution in [0.2, 0.25) is 0 Å². The number of hydrogen-bond acceptors (Lipinski definition) is 3. The van der Waals surface area contributed by atoms with Crippen molar-refractivity contribution in [1.29, 1.82) is 0 Å². The van der Waals surface area contributed by atoms with Gasteiger partial charge in [-0.05, 0) is 61.9 Å². The van der Waals surface area contributed by atoms with Crippen LogP contribution in [0.25, 0.3) is 0 Å². The lowest BCUT2D eigenvalue weighted by atomic mass is 10.1. The average molecular weight is 390 g/mol. The lowest BCUT2D eigenvalue weighted by molar-refractivity contribution is -0.137. The summed E-state index contributed by atoms with van der Waals surface area (Å²) in [4.78, 5) is 35.7. The molecule has 1 aliphatic rings. The van der Waals surface area contributed by atoms with Gasteiger partial charge in [-0.3, -0.25) is 14.4 Å². The Balaban J connectivity index is 1.53. The maximum Gasteiger partial charge on any atom is 0.416 e. The third kappa shape index (κ3) is 4.57. The first-order valence-electron chi connectivity index (χ1n) is 8.55. The zero-order chi connectivity index (χ0) is 20.5. The predicted octanol–water partition coefficient (Wildman–Crippen LogP) is 4.12. The second-order valence-corrected chi connectivity index (χ2v) is 6.64. The average Bonchev–Trinajstić information content (AvgIpc) is 3.43. The van der Waals surface area contributed by atoms with Gasteiger partial charge in [0.25, 0.3) is 0 Å². The highest BCUT2D eigenvalue weighted by molar-refractivity contribution is 6.03. The zero-order valence-corrected chi connectivity index (χ0v) is 14.8. The third-order valence-corrected chi connectivity index (χ3v) is 4.50. The number of amides is 2. The predicted molar refractivity (Wildman–Crippen MR) is 96.7 cm³/mol. The quantitative estimate of drug-likeness (QED) is 0.754. The molecular weight excluding hydrogens is 373 g/mol. The Morgan fingerprint density at radius 2 is 1.25 bits per heavy atom. The van der Waals surface area contributed by atoms with Crippen molar-refractivity contribution in [2.24, 2.45) is 11.8 Å². The molecule has 8 heteroatoms. The number of halogens is 3. The molecule has 0 radical (unpaired) electrons. The number of hydrogen-bond donors (Lipinski definition) is 2. The highest BCUT2D eigenvalue weighted by atomic mass is 19.4. The molecule has 0 saturated heterocycles. The fourth-order valence-electron chi connectivity index (χ4n) is 2.78. The van der Waals surface area contributed by atoms with Gasteiger partial charge in [0.2, 0.25) is 11.8 Å². The van der Waals surface area contributed by atoms with Crippen LogP contribution in [-0.4, -0.2) is 17.6 Å². The number of carbonyl (C=O) groups excluding carboxylic acids is 3. The van der Waals surface area contributed by atoms with Crippen LogP contribution < -0.4 is 10.6 Å². The molecule has 0 bridgehead atoms. The van der Waals surface area contributed by atoms with Crippen LogP contribution in [0.5, 0.6) is 0 Å². The Morgan fingerprint density at radius 3 is 1.64 bits per heavy atom. The van der Waals surface area contributed by atoms with Gasteiger partial charge in [0.15, 0.2) is 5.78 Å². The molecule has 1 aliphatic carbocycles. The monoisotopic (exact) mass is 390 g/mol. The number of ketones is 1. The van der Waals surface area contributed by atoms with Crippen LogP contribution in [0.4, 0.5) is 24.5 Å². The standard InChI is InChI=1S/C20H17F3N2O3/c1-11(26)12-2-6-14(7-3-12)24-18(27)16-10-17(16)19(28)25-15-8-4-13(5-9-15)20(21,22)23/h2-9,16-17H,10H2,1H3,(H,24,27)(H,25,28). The number of Topliss-reactive ketones (excluding diaryl/α,β-unsaturated/α-hetero) is 1. The van der Waals surface area contributed by atoms with E-state index in [0.717, 1.165) is 12.1 Å². The highest BCUT2D eigenvalue weighted by Crippen LogP contribution is 2.40. The maximum atomic E-state index is 12.6. The summed E-state index contributed by atoms with van der Waals surface area (Å²) in [6.45, 7) is 1.44. The lowest BCUT2D eigenvalue weighted by Gasteiger charge is -2.09. The van der Waals surface area contributed by atoms with Gasteiger partial charge in [-0.2, -0.15) is 13.2 Å². The number of benzene rings is 2. The molecule has 3 rings (SSSR count). The van der Waals surface area contributed by atoms with Crippen molar-refractivity contribution in [3.63, 3.8) is 0 Å². The van der Waals surface area contributed by atoms with E-state index in [4.69, 9.17) is 0 Å². The third-order valence-electron chi connectivity index (χ3n) is 4.50. The van der Waals surface area contributed by atoms with Crippen molar-refractivity contribution < 1.29 is 27.6 Å². The number of anilines is 2. The molecule has 0 spiro atoms. The molecule has 1 saturated carbocycles. The van der Waals surface area contributed by atoms with Crippen molar-refractivity contribution in [3.8, 4) is 0 Å². The molecule has 28 heavy (non-hydrogen) atoms. The molecule has 1 fully saturated rings. The fraction of sp³-hybridized carbons (Fsp3) is 0.250. The van der Waals surface area contributed by atoms with E-state index >= 15 is 0 Å². The van der Waals surface area contributed by atoms with Gasteiger partial charge in [-0.15, -0.1) is 0 Å². The molecule has 2 N–H and O–H groups in total. The van der Waals surface area contributed by atoms with Gasteiger partial charge in [0.05, 0.1) is 17.4 Å². The maximum absolute atomic E-state index is 12.6. The van der Waals surface area contributed by atoms with Crippen molar-refractivity contribution in [2.75, 3.05) is 10.6 Å². The van der Waals surface area contributed by atoms with Crippen LogP contribution in [0.1, 0.15) is 29.3 Å². The van der Waals surface area contributed by atoms with Crippen molar-refractivity contribution in [3.05, 3.63) is 59.7 Å². The first kappa shape index (κ1) is 19.6. The summed E-state index contributed by atoms with van der Waals surface area (Å²) in [5.41, 5.74) is 0.482. The van der Waals surface area contributed by atoms with Crippen molar-refractivity contribution in [1.82, 2.24) is 0 Å². The minimum Gasteiger partial charge on any atom is -0.326 e. The lowest BCUT2D eigenvalue weighted by Crippen LogP contribution is -2.20. The zero-order valence-electron chi connectivity index (χ0n) is 14.8. The first-order valence-corrected chi connectivity index (χ1v) is 8.55. The minimum absolute atomic E-state index is 0.0833. The van der Waals surface area contributed by atoms with Crippen molar-refractivity contribution in [2.45, 2.75) is 19.5 Å².